The molecule has 88 valence electrons. The van der Waals surface area contributed by atoms with E-state index in [1.807, 2.05) is 0 Å². The van der Waals surface area contributed by atoms with Crippen LogP contribution in [0.15, 0.2) is 0 Å². The second-order valence-corrected chi connectivity index (χ2v) is 5.11. The molecule has 1 saturated heterocycles. The van der Waals surface area contributed by atoms with E-state index in [1.54, 1.807) is 6.92 Å². The maximum absolute atomic E-state index is 9.84. The second-order valence-electron chi connectivity index (χ2n) is 5.11. The molecular weight excluding hydrogens is 210 g/mol. The zero-order chi connectivity index (χ0) is 11.5. The zero-order valence-electron chi connectivity index (χ0n) is 9.04. The van der Waals surface area contributed by atoms with Gasteiger partial charge in [-0.1, -0.05) is 0 Å². The maximum atomic E-state index is 9.84. The number of ether oxygens (including phenoxy) is 2. The Morgan fingerprint density at radius 3 is 3.00 bits per heavy atom. The fourth-order valence-electron chi connectivity index (χ4n) is 3.71. The molecule has 0 aromatic carbocycles. The van der Waals surface area contributed by atoms with E-state index in [-0.39, 0.29) is 24.0 Å². The van der Waals surface area contributed by atoms with Gasteiger partial charge in [-0.15, -0.1) is 0 Å². The lowest BCUT2D eigenvalue weighted by molar-refractivity contribution is -0.183. The van der Waals surface area contributed by atoms with Crippen LogP contribution in [0.3, 0.4) is 0 Å². The Bertz CT molecular complexity index is 352. The third kappa shape index (κ3) is 1.08. The molecule has 0 spiro atoms. The topological polar surface area (TPSA) is 82.7 Å². The highest BCUT2D eigenvalue weighted by atomic mass is 16.7. The van der Waals surface area contributed by atoms with Gasteiger partial charge >= 0.3 is 0 Å². The van der Waals surface area contributed by atoms with E-state index in [0.717, 1.165) is 6.42 Å². The Morgan fingerprint density at radius 2 is 2.38 bits per heavy atom. The molecule has 2 N–H and O–H groups in total. The van der Waals surface area contributed by atoms with Crippen LogP contribution in [-0.2, 0) is 9.47 Å². The molecule has 2 saturated carbocycles. The van der Waals surface area contributed by atoms with Gasteiger partial charge in [-0.25, -0.2) is 0 Å². The van der Waals surface area contributed by atoms with E-state index in [0.29, 0.717) is 6.42 Å². The molecule has 0 radical (unpaired) electrons. The van der Waals surface area contributed by atoms with E-state index in [9.17, 15) is 15.5 Å². The van der Waals surface area contributed by atoms with Crippen LogP contribution in [0.4, 0.5) is 0 Å². The van der Waals surface area contributed by atoms with Crippen molar-refractivity contribution in [2.45, 2.75) is 44.6 Å². The first-order chi connectivity index (χ1) is 7.58. The van der Waals surface area contributed by atoms with Crippen LogP contribution in [0.1, 0.15) is 19.8 Å². The lowest BCUT2D eigenvalue weighted by Crippen LogP contribution is -2.40. The van der Waals surface area contributed by atoms with Crippen molar-refractivity contribution in [1.29, 1.82) is 5.26 Å². The number of nitrogens with zero attached hydrogens (tertiary/aromatic N) is 1. The predicted molar refractivity (Wildman–Crippen MR) is 51.7 cm³/mol. The average molecular weight is 225 g/mol. The van der Waals surface area contributed by atoms with Gasteiger partial charge in [-0.2, -0.15) is 5.26 Å². The van der Waals surface area contributed by atoms with Crippen LogP contribution < -0.4 is 0 Å². The number of rotatable bonds is 2. The maximum Gasteiger partial charge on any atom is 0.174 e. The third-order valence-electron chi connectivity index (χ3n) is 4.29. The normalized spacial score (nSPS) is 55.2. The van der Waals surface area contributed by atoms with E-state index in [4.69, 9.17) is 9.47 Å². The molecule has 5 heteroatoms. The van der Waals surface area contributed by atoms with Crippen molar-refractivity contribution < 1.29 is 19.7 Å². The molecule has 0 amide bonds. The van der Waals surface area contributed by atoms with Crippen LogP contribution in [0, 0.1) is 28.6 Å². The fraction of sp³-hybridized carbons (Fsp3) is 0.909. The summed E-state index contributed by atoms with van der Waals surface area (Å²) in [4.78, 5) is 0. The number of hydrogen-bond acceptors (Lipinski definition) is 5. The van der Waals surface area contributed by atoms with Crippen molar-refractivity contribution in [2.24, 2.45) is 17.3 Å². The lowest BCUT2D eigenvalue weighted by Gasteiger charge is -2.30. The summed E-state index contributed by atoms with van der Waals surface area (Å²) in [5, 5.41) is 28.3. The summed E-state index contributed by atoms with van der Waals surface area (Å²) in [6, 6.07) is 2.23. The highest BCUT2D eigenvalue weighted by molar-refractivity contribution is 5.22. The van der Waals surface area contributed by atoms with Crippen molar-refractivity contribution in [2.75, 3.05) is 0 Å². The Morgan fingerprint density at radius 1 is 1.62 bits per heavy atom. The fourth-order valence-corrected chi connectivity index (χ4v) is 3.71. The van der Waals surface area contributed by atoms with Gasteiger partial charge in [-0.3, -0.25) is 0 Å². The average Bonchev–Trinajstić information content (AvgIpc) is 2.79. The summed E-state index contributed by atoms with van der Waals surface area (Å²) in [6.45, 7) is 1.56. The standard InChI is InChI=1S/C11H15NO4/c1-5(13)15-8-6-2-7-9(8)16-10(14)11(7,3-6)4-12/h5-10,13-14H,2-3H2,1H3. The number of nitriles is 1. The molecular formula is C11H15NO4. The summed E-state index contributed by atoms with van der Waals surface area (Å²) in [5.41, 5.74) is -0.728. The first-order valence-corrected chi connectivity index (χ1v) is 5.67. The second kappa shape index (κ2) is 3.17. The van der Waals surface area contributed by atoms with Crippen LogP contribution in [0.2, 0.25) is 0 Å². The minimum atomic E-state index is -1.000. The minimum absolute atomic E-state index is 0.0567. The highest BCUT2D eigenvalue weighted by Crippen LogP contribution is 2.63. The molecule has 5 nitrogen and oxygen atoms in total. The van der Waals surface area contributed by atoms with E-state index in [2.05, 4.69) is 6.07 Å². The Labute approximate surface area is 93.6 Å². The molecule has 2 aliphatic carbocycles. The number of aliphatic hydroxyl groups is 2. The summed E-state index contributed by atoms with van der Waals surface area (Å²) in [6.07, 6.45) is -0.774. The van der Waals surface area contributed by atoms with E-state index in [1.165, 1.54) is 0 Å². The van der Waals surface area contributed by atoms with Crippen LogP contribution in [-0.4, -0.2) is 35.0 Å². The van der Waals surface area contributed by atoms with E-state index >= 15 is 0 Å². The molecule has 16 heavy (non-hydrogen) atoms. The molecule has 2 bridgehead atoms. The molecule has 3 fully saturated rings. The van der Waals surface area contributed by atoms with E-state index < -0.39 is 18.0 Å². The Balaban J connectivity index is 1.88. The van der Waals surface area contributed by atoms with Gasteiger partial charge in [0, 0.05) is 5.92 Å². The largest absolute Gasteiger partial charge is 0.368 e. The first-order valence-electron chi connectivity index (χ1n) is 5.67. The van der Waals surface area contributed by atoms with Crippen molar-refractivity contribution in [3.05, 3.63) is 0 Å². The van der Waals surface area contributed by atoms with Crippen LogP contribution >= 0.6 is 0 Å². The van der Waals surface area contributed by atoms with Gasteiger partial charge in [0.25, 0.3) is 0 Å². The monoisotopic (exact) mass is 225 g/mol. The molecule has 3 rings (SSSR count). The van der Waals surface area contributed by atoms with Crippen LogP contribution in [0.25, 0.3) is 0 Å². The third-order valence-corrected chi connectivity index (χ3v) is 4.29. The minimum Gasteiger partial charge on any atom is -0.368 e. The smallest absolute Gasteiger partial charge is 0.174 e. The number of aliphatic hydroxyl groups excluding tert-OH is 2. The summed E-state index contributed by atoms with van der Waals surface area (Å²) < 4.78 is 10.9. The van der Waals surface area contributed by atoms with Gasteiger partial charge in [0.15, 0.2) is 12.6 Å². The molecule has 0 aromatic rings. The van der Waals surface area contributed by atoms with Crippen molar-refractivity contribution >= 4 is 0 Å². The molecule has 1 aliphatic heterocycles. The molecule has 1 heterocycles. The van der Waals surface area contributed by atoms with Gasteiger partial charge in [0.2, 0.25) is 0 Å². The Kier molecular flexibility index (Phi) is 2.08. The highest BCUT2D eigenvalue weighted by Gasteiger charge is 2.70. The lowest BCUT2D eigenvalue weighted by atomic mass is 9.74. The van der Waals surface area contributed by atoms with Gasteiger partial charge < -0.3 is 19.7 Å². The quantitative estimate of drug-likeness (QED) is 0.645. The zero-order valence-corrected chi connectivity index (χ0v) is 9.04. The SMILES string of the molecule is CC(O)OC1C2CC3C1OC(O)C3(C#N)C2. The molecule has 7 unspecified atom stereocenters. The molecule has 3 aliphatic rings. The van der Waals surface area contributed by atoms with Gasteiger partial charge in [0.05, 0.1) is 18.3 Å². The number of fused-ring (bicyclic) bond motifs is 1. The summed E-state index contributed by atoms with van der Waals surface area (Å²) in [5.74, 6) is 0.280. The first kappa shape index (κ1) is 10.5. The van der Waals surface area contributed by atoms with Crippen LogP contribution in [0.5, 0.6) is 0 Å². The molecule has 0 aromatic heterocycles. The number of hydrogen-bond donors (Lipinski definition) is 2. The summed E-state index contributed by atoms with van der Waals surface area (Å²) >= 11 is 0. The van der Waals surface area contributed by atoms with Crippen molar-refractivity contribution in [3.63, 3.8) is 0 Å². The molecule has 7 atom stereocenters. The van der Waals surface area contributed by atoms with Crippen molar-refractivity contribution in [1.82, 2.24) is 0 Å². The summed E-state index contributed by atoms with van der Waals surface area (Å²) in [7, 11) is 0. The van der Waals surface area contributed by atoms with Gasteiger partial charge in [-0.05, 0) is 25.7 Å². The predicted octanol–water partition coefficient (Wildman–Crippen LogP) is -0.0231. The van der Waals surface area contributed by atoms with Crippen molar-refractivity contribution in [3.8, 4) is 6.07 Å². The Hall–Kier alpha value is -0.670. The van der Waals surface area contributed by atoms with Gasteiger partial charge in [0.1, 0.15) is 5.41 Å².